The van der Waals surface area contributed by atoms with Gasteiger partial charge in [0, 0.05) is 5.69 Å². The highest BCUT2D eigenvalue weighted by Crippen LogP contribution is 2.35. The van der Waals surface area contributed by atoms with Crippen LogP contribution >= 0.6 is 23.2 Å². The second-order valence-electron chi connectivity index (χ2n) is 2.91. The minimum absolute atomic E-state index is 0.329. The van der Waals surface area contributed by atoms with E-state index >= 15 is 0 Å². The van der Waals surface area contributed by atoms with Crippen LogP contribution in [0.15, 0.2) is 0 Å². The van der Waals surface area contributed by atoms with Crippen molar-refractivity contribution in [1.29, 1.82) is 0 Å². The number of rotatable bonds is 0. The first-order valence-corrected chi connectivity index (χ1v) is 4.58. The lowest BCUT2D eigenvalue weighted by atomic mass is 10.2. The van der Waals surface area contributed by atoms with Crippen LogP contribution in [0.3, 0.4) is 0 Å². The molecule has 0 aliphatic heterocycles. The predicted octanol–water partition coefficient (Wildman–Crippen LogP) is 2.46. The maximum Gasteiger partial charge on any atom is 0.150 e. The van der Waals surface area contributed by atoms with E-state index in [9.17, 15) is 0 Å². The van der Waals surface area contributed by atoms with Crippen LogP contribution in [0.4, 0.5) is 5.69 Å². The highest BCUT2D eigenvalue weighted by atomic mass is 35.5. The van der Waals surface area contributed by atoms with E-state index in [1.54, 1.807) is 0 Å². The Morgan fingerprint density at radius 1 is 1.25 bits per heavy atom. The van der Waals surface area contributed by atoms with Crippen LogP contribution in [0.25, 0.3) is 0 Å². The van der Waals surface area contributed by atoms with Gasteiger partial charge >= 0.3 is 0 Å². The Balaban J connectivity index is 2.67. The Morgan fingerprint density at radius 2 is 2.00 bits per heavy atom. The molecule has 0 aromatic carbocycles. The summed E-state index contributed by atoms with van der Waals surface area (Å²) in [6.45, 7) is 0. The van der Waals surface area contributed by atoms with Crippen LogP contribution in [-0.2, 0) is 12.8 Å². The maximum absolute atomic E-state index is 5.84. The fourth-order valence-electron chi connectivity index (χ4n) is 1.55. The lowest BCUT2D eigenvalue weighted by Crippen LogP contribution is -1.98. The van der Waals surface area contributed by atoms with Crippen molar-refractivity contribution in [2.24, 2.45) is 0 Å². The van der Waals surface area contributed by atoms with Crippen molar-refractivity contribution in [2.45, 2.75) is 19.3 Å². The molecule has 4 heteroatoms. The van der Waals surface area contributed by atoms with E-state index in [4.69, 9.17) is 28.9 Å². The largest absolute Gasteiger partial charge is 0.397 e. The third-order valence-electron chi connectivity index (χ3n) is 2.16. The molecular weight excluding hydrogens is 195 g/mol. The van der Waals surface area contributed by atoms with E-state index in [1.807, 2.05) is 0 Å². The molecule has 0 radical (unpaired) electrons. The van der Waals surface area contributed by atoms with Gasteiger partial charge in [0.05, 0.1) is 5.69 Å². The van der Waals surface area contributed by atoms with Crippen molar-refractivity contribution < 1.29 is 0 Å². The fourth-order valence-corrected chi connectivity index (χ4v) is 1.91. The molecule has 0 fully saturated rings. The Hall–Kier alpha value is -0.470. The Labute approximate surface area is 80.7 Å². The third-order valence-corrected chi connectivity index (χ3v) is 2.92. The van der Waals surface area contributed by atoms with E-state index in [1.165, 1.54) is 0 Å². The molecule has 64 valence electrons. The zero-order valence-corrected chi connectivity index (χ0v) is 7.91. The zero-order chi connectivity index (χ0) is 8.72. The smallest absolute Gasteiger partial charge is 0.150 e. The molecule has 1 aliphatic rings. The predicted molar refractivity (Wildman–Crippen MR) is 50.7 cm³/mol. The number of anilines is 1. The Kier molecular flexibility index (Phi) is 1.89. The number of pyridine rings is 1. The quantitative estimate of drug-likeness (QED) is 0.657. The normalized spacial score (nSPS) is 14.8. The molecule has 12 heavy (non-hydrogen) atoms. The van der Waals surface area contributed by atoms with Gasteiger partial charge in [0.2, 0.25) is 0 Å². The van der Waals surface area contributed by atoms with E-state index in [-0.39, 0.29) is 0 Å². The third kappa shape index (κ3) is 1.06. The van der Waals surface area contributed by atoms with E-state index in [0.717, 1.165) is 30.5 Å². The van der Waals surface area contributed by atoms with Crippen LogP contribution in [0.2, 0.25) is 10.2 Å². The monoisotopic (exact) mass is 202 g/mol. The maximum atomic E-state index is 5.84. The summed E-state index contributed by atoms with van der Waals surface area (Å²) >= 11 is 11.6. The molecule has 2 rings (SSSR count). The van der Waals surface area contributed by atoms with E-state index in [0.29, 0.717) is 15.9 Å². The molecule has 2 nitrogen and oxygen atoms in total. The molecule has 1 aromatic rings. The van der Waals surface area contributed by atoms with Crippen LogP contribution < -0.4 is 5.73 Å². The van der Waals surface area contributed by atoms with Gasteiger partial charge in [-0.15, -0.1) is 0 Å². The number of halogens is 2. The van der Waals surface area contributed by atoms with Gasteiger partial charge in [-0.3, -0.25) is 0 Å². The van der Waals surface area contributed by atoms with Gasteiger partial charge in [-0.05, 0) is 24.8 Å². The number of hydrogen-bond acceptors (Lipinski definition) is 2. The molecule has 0 spiro atoms. The van der Waals surface area contributed by atoms with Crippen LogP contribution in [0.5, 0.6) is 0 Å². The number of nitrogens with two attached hydrogens (primary N) is 1. The topological polar surface area (TPSA) is 38.9 Å². The van der Waals surface area contributed by atoms with Crippen LogP contribution in [0, 0.1) is 0 Å². The van der Waals surface area contributed by atoms with Crippen molar-refractivity contribution in [3.63, 3.8) is 0 Å². The molecule has 1 aliphatic carbocycles. The summed E-state index contributed by atoms with van der Waals surface area (Å²) in [6.07, 6.45) is 3.05. The molecule has 1 aromatic heterocycles. The van der Waals surface area contributed by atoms with Gasteiger partial charge in [0.15, 0.2) is 0 Å². The first kappa shape index (κ1) is 8.14. The summed E-state index contributed by atoms with van der Waals surface area (Å²) in [6, 6.07) is 0. The standard InChI is InChI=1S/C8H8Cl2N2/c9-6-7(11)4-2-1-3-5(4)12-8(6)10/h1-3H2,(H2,11,12). The molecule has 0 saturated heterocycles. The lowest BCUT2D eigenvalue weighted by Gasteiger charge is -2.06. The van der Waals surface area contributed by atoms with Gasteiger partial charge < -0.3 is 5.73 Å². The van der Waals surface area contributed by atoms with Crippen molar-refractivity contribution in [1.82, 2.24) is 4.98 Å². The van der Waals surface area contributed by atoms with Crippen molar-refractivity contribution in [2.75, 3.05) is 5.73 Å². The van der Waals surface area contributed by atoms with Gasteiger partial charge in [0.25, 0.3) is 0 Å². The van der Waals surface area contributed by atoms with Gasteiger partial charge in [-0.1, -0.05) is 23.2 Å². The summed E-state index contributed by atoms with van der Waals surface area (Å²) in [5.74, 6) is 0. The van der Waals surface area contributed by atoms with Crippen LogP contribution in [-0.4, -0.2) is 4.98 Å². The summed E-state index contributed by atoms with van der Waals surface area (Å²) < 4.78 is 0. The number of aryl methyl sites for hydroxylation is 1. The first-order chi connectivity index (χ1) is 5.70. The molecule has 0 bridgehead atoms. The highest BCUT2D eigenvalue weighted by Gasteiger charge is 2.19. The van der Waals surface area contributed by atoms with Crippen LogP contribution in [0.1, 0.15) is 17.7 Å². The second-order valence-corrected chi connectivity index (χ2v) is 3.65. The van der Waals surface area contributed by atoms with Gasteiger partial charge in [-0.2, -0.15) is 0 Å². The highest BCUT2D eigenvalue weighted by molar-refractivity contribution is 6.43. The summed E-state index contributed by atoms with van der Waals surface area (Å²) in [5.41, 5.74) is 8.50. The fraction of sp³-hybridized carbons (Fsp3) is 0.375. The lowest BCUT2D eigenvalue weighted by molar-refractivity contribution is 0.900. The van der Waals surface area contributed by atoms with E-state index in [2.05, 4.69) is 4.98 Å². The van der Waals surface area contributed by atoms with Crippen molar-refractivity contribution >= 4 is 28.9 Å². The van der Waals surface area contributed by atoms with Gasteiger partial charge in [0.1, 0.15) is 10.2 Å². The number of fused-ring (bicyclic) bond motifs is 1. The summed E-state index contributed by atoms with van der Waals surface area (Å²) in [7, 11) is 0. The second kappa shape index (κ2) is 2.79. The minimum atomic E-state index is 0.329. The Morgan fingerprint density at radius 3 is 2.75 bits per heavy atom. The number of aromatic nitrogens is 1. The zero-order valence-electron chi connectivity index (χ0n) is 6.40. The van der Waals surface area contributed by atoms with Crippen molar-refractivity contribution in [3.05, 3.63) is 21.4 Å². The van der Waals surface area contributed by atoms with Crippen molar-refractivity contribution in [3.8, 4) is 0 Å². The molecule has 2 N–H and O–H groups in total. The average molecular weight is 203 g/mol. The summed E-state index contributed by atoms with van der Waals surface area (Å²) in [5, 5.41) is 0.729. The average Bonchev–Trinajstić information content (AvgIpc) is 2.48. The number of hydrogen-bond donors (Lipinski definition) is 1. The molecular formula is C8H8Cl2N2. The summed E-state index contributed by atoms with van der Waals surface area (Å²) in [4.78, 5) is 4.17. The Bertz CT molecular complexity index is 336. The number of nitrogen functional groups attached to an aromatic ring is 1. The SMILES string of the molecule is Nc1c(Cl)c(Cl)nc2c1CCC2. The molecule has 1 heterocycles. The van der Waals surface area contributed by atoms with Gasteiger partial charge in [-0.25, -0.2) is 4.98 Å². The molecule has 0 amide bonds. The minimum Gasteiger partial charge on any atom is -0.397 e. The molecule has 0 atom stereocenters. The molecule has 0 saturated carbocycles. The number of nitrogens with zero attached hydrogens (tertiary/aromatic N) is 1. The van der Waals surface area contributed by atoms with E-state index < -0.39 is 0 Å². The first-order valence-electron chi connectivity index (χ1n) is 3.82. The molecule has 0 unspecified atom stereocenters.